The molecule has 3 heterocycles. The Morgan fingerprint density at radius 1 is 1.21 bits per heavy atom. The normalized spacial score (nSPS) is 16.0. The number of hydrogen-bond donors (Lipinski definition) is 0. The number of rotatable bonds is 4. The first-order chi connectivity index (χ1) is 11.7. The number of anilines is 1. The standard InChI is InChI=1S/C18H24N6/c1-3-24-14-16(12-20-24)13-22-7-4-8-23(10-9-22)18-17(11-19)6-5-15(2)21-18/h5-6,12,14H,3-4,7-10,13H2,1-2H3. The van der Waals surface area contributed by atoms with Crippen molar-refractivity contribution < 1.29 is 0 Å². The second-order valence-corrected chi connectivity index (χ2v) is 6.26. The van der Waals surface area contributed by atoms with Crippen LogP contribution >= 0.6 is 0 Å². The number of aryl methyl sites for hydroxylation is 2. The van der Waals surface area contributed by atoms with Gasteiger partial charge in [-0.2, -0.15) is 10.4 Å². The van der Waals surface area contributed by atoms with Crippen LogP contribution in [0, 0.1) is 18.3 Å². The summed E-state index contributed by atoms with van der Waals surface area (Å²) in [4.78, 5) is 9.31. The molecule has 126 valence electrons. The van der Waals surface area contributed by atoms with E-state index in [-0.39, 0.29) is 0 Å². The van der Waals surface area contributed by atoms with Crippen LogP contribution < -0.4 is 4.90 Å². The molecule has 1 fully saturated rings. The average Bonchev–Trinajstić information content (AvgIpc) is 2.92. The summed E-state index contributed by atoms with van der Waals surface area (Å²) in [7, 11) is 0. The molecule has 0 radical (unpaired) electrons. The molecule has 0 aliphatic carbocycles. The fourth-order valence-corrected chi connectivity index (χ4v) is 3.13. The van der Waals surface area contributed by atoms with Crippen LogP contribution in [0.2, 0.25) is 0 Å². The van der Waals surface area contributed by atoms with Crippen LogP contribution in [0.25, 0.3) is 0 Å². The van der Waals surface area contributed by atoms with Gasteiger partial charge in [0.15, 0.2) is 0 Å². The predicted octanol–water partition coefficient (Wildman–Crippen LogP) is 2.19. The van der Waals surface area contributed by atoms with Crippen molar-refractivity contribution in [2.45, 2.75) is 33.4 Å². The largest absolute Gasteiger partial charge is 0.354 e. The Morgan fingerprint density at radius 3 is 2.83 bits per heavy atom. The van der Waals surface area contributed by atoms with Gasteiger partial charge in [0.05, 0.1) is 11.8 Å². The van der Waals surface area contributed by atoms with Gasteiger partial charge in [0.2, 0.25) is 0 Å². The fraction of sp³-hybridized carbons (Fsp3) is 0.500. The molecule has 1 saturated heterocycles. The Labute approximate surface area is 143 Å². The highest BCUT2D eigenvalue weighted by molar-refractivity contribution is 5.54. The summed E-state index contributed by atoms with van der Waals surface area (Å²) in [6.07, 6.45) is 5.16. The van der Waals surface area contributed by atoms with Crippen molar-refractivity contribution in [1.29, 1.82) is 5.26 Å². The maximum absolute atomic E-state index is 9.35. The van der Waals surface area contributed by atoms with Gasteiger partial charge in [-0.05, 0) is 32.4 Å². The summed E-state index contributed by atoms with van der Waals surface area (Å²) in [6.45, 7) is 9.77. The van der Waals surface area contributed by atoms with E-state index in [4.69, 9.17) is 0 Å². The third-order valence-corrected chi connectivity index (χ3v) is 4.44. The summed E-state index contributed by atoms with van der Waals surface area (Å²) in [5.74, 6) is 0.832. The van der Waals surface area contributed by atoms with Crippen LogP contribution in [0.3, 0.4) is 0 Å². The lowest BCUT2D eigenvalue weighted by Gasteiger charge is -2.23. The Kier molecular flexibility index (Phi) is 5.11. The average molecular weight is 324 g/mol. The van der Waals surface area contributed by atoms with Gasteiger partial charge in [0.25, 0.3) is 0 Å². The molecule has 0 amide bonds. The molecule has 0 saturated carbocycles. The molecule has 0 atom stereocenters. The van der Waals surface area contributed by atoms with Crippen molar-refractivity contribution in [3.8, 4) is 6.07 Å². The minimum atomic E-state index is 0.665. The molecule has 2 aromatic rings. The van der Waals surface area contributed by atoms with Gasteiger partial charge in [-0.3, -0.25) is 9.58 Å². The van der Waals surface area contributed by atoms with E-state index in [0.29, 0.717) is 5.56 Å². The van der Waals surface area contributed by atoms with Gasteiger partial charge >= 0.3 is 0 Å². The van der Waals surface area contributed by atoms with Gasteiger partial charge in [0.1, 0.15) is 11.9 Å². The van der Waals surface area contributed by atoms with Crippen molar-refractivity contribution in [3.05, 3.63) is 41.3 Å². The van der Waals surface area contributed by atoms with Gasteiger partial charge in [-0.15, -0.1) is 0 Å². The van der Waals surface area contributed by atoms with Crippen LogP contribution in [0.5, 0.6) is 0 Å². The van der Waals surface area contributed by atoms with Crippen molar-refractivity contribution in [1.82, 2.24) is 19.7 Å². The van der Waals surface area contributed by atoms with Crippen LogP contribution in [-0.4, -0.2) is 45.8 Å². The summed E-state index contributed by atoms with van der Waals surface area (Å²) >= 11 is 0. The molecule has 1 aliphatic rings. The predicted molar refractivity (Wildman–Crippen MR) is 93.7 cm³/mol. The molecule has 24 heavy (non-hydrogen) atoms. The molecular weight excluding hydrogens is 300 g/mol. The molecule has 6 heteroatoms. The molecule has 0 bridgehead atoms. The zero-order valence-electron chi connectivity index (χ0n) is 14.4. The Balaban J connectivity index is 1.67. The zero-order chi connectivity index (χ0) is 16.9. The third-order valence-electron chi connectivity index (χ3n) is 4.44. The van der Waals surface area contributed by atoms with Crippen molar-refractivity contribution in [3.63, 3.8) is 0 Å². The van der Waals surface area contributed by atoms with Gasteiger partial charge in [-0.1, -0.05) is 0 Å². The van der Waals surface area contributed by atoms with E-state index in [2.05, 4.69) is 39.1 Å². The number of aromatic nitrogens is 3. The summed E-state index contributed by atoms with van der Waals surface area (Å²) in [6, 6.07) is 6.05. The molecule has 0 unspecified atom stereocenters. The Morgan fingerprint density at radius 2 is 2.08 bits per heavy atom. The van der Waals surface area contributed by atoms with E-state index >= 15 is 0 Å². The lowest BCUT2D eigenvalue weighted by Crippen LogP contribution is -2.31. The van der Waals surface area contributed by atoms with E-state index < -0.39 is 0 Å². The molecular formula is C18H24N6. The minimum absolute atomic E-state index is 0.665. The van der Waals surface area contributed by atoms with Crippen molar-refractivity contribution in [2.24, 2.45) is 0 Å². The molecule has 6 nitrogen and oxygen atoms in total. The third kappa shape index (κ3) is 3.74. The molecule has 2 aromatic heterocycles. The van der Waals surface area contributed by atoms with Gasteiger partial charge < -0.3 is 4.90 Å². The number of nitrogens with zero attached hydrogens (tertiary/aromatic N) is 6. The van der Waals surface area contributed by atoms with E-state index in [1.54, 1.807) is 0 Å². The van der Waals surface area contributed by atoms with E-state index in [9.17, 15) is 5.26 Å². The molecule has 0 spiro atoms. The SMILES string of the molecule is CCn1cc(CN2CCCN(c3nc(C)ccc3C#N)CC2)cn1. The van der Waals surface area contributed by atoms with E-state index in [1.807, 2.05) is 29.9 Å². The van der Waals surface area contributed by atoms with Gasteiger partial charge in [0, 0.05) is 56.7 Å². The Hall–Kier alpha value is -2.39. The molecule has 0 N–H and O–H groups in total. The second-order valence-electron chi connectivity index (χ2n) is 6.26. The van der Waals surface area contributed by atoms with Crippen LogP contribution in [-0.2, 0) is 13.1 Å². The second kappa shape index (κ2) is 7.45. The smallest absolute Gasteiger partial charge is 0.146 e. The Bertz CT molecular complexity index is 729. The monoisotopic (exact) mass is 324 g/mol. The van der Waals surface area contributed by atoms with Crippen LogP contribution in [0.4, 0.5) is 5.82 Å². The van der Waals surface area contributed by atoms with Crippen LogP contribution in [0.15, 0.2) is 24.5 Å². The highest BCUT2D eigenvalue weighted by atomic mass is 15.3. The van der Waals surface area contributed by atoms with Crippen LogP contribution in [0.1, 0.15) is 30.2 Å². The zero-order valence-corrected chi connectivity index (χ0v) is 14.4. The number of hydrogen-bond acceptors (Lipinski definition) is 5. The maximum Gasteiger partial charge on any atom is 0.146 e. The van der Waals surface area contributed by atoms with E-state index in [0.717, 1.165) is 57.2 Å². The lowest BCUT2D eigenvalue weighted by molar-refractivity contribution is 0.285. The maximum atomic E-state index is 9.35. The first-order valence-corrected chi connectivity index (χ1v) is 8.56. The number of nitriles is 1. The fourth-order valence-electron chi connectivity index (χ4n) is 3.13. The van der Waals surface area contributed by atoms with Crippen molar-refractivity contribution >= 4 is 5.82 Å². The topological polar surface area (TPSA) is 61.0 Å². The first kappa shape index (κ1) is 16.5. The summed E-state index contributed by atoms with van der Waals surface area (Å²) in [5, 5.41) is 13.7. The van der Waals surface area contributed by atoms with Gasteiger partial charge in [-0.25, -0.2) is 4.98 Å². The molecule has 3 rings (SSSR count). The highest BCUT2D eigenvalue weighted by Crippen LogP contribution is 2.20. The molecule has 1 aliphatic heterocycles. The van der Waals surface area contributed by atoms with E-state index in [1.165, 1.54) is 5.56 Å². The highest BCUT2D eigenvalue weighted by Gasteiger charge is 2.19. The first-order valence-electron chi connectivity index (χ1n) is 8.56. The minimum Gasteiger partial charge on any atom is -0.354 e. The lowest BCUT2D eigenvalue weighted by atomic mass is 10.2. The summed E-state index contributed by atoms with van der Waals surface area (Å²) in [5.41, 5.74) is 2.88. The quantitative estimate of drug-likeness (QED) is 0.863. The number of pyridine rings is 1. The van der Waals surface area contributed by atoms with Crippen molar-refractivity contribution in [2.75, 3.05) is 31.1 Å². The summed E-state index contributed by atoms with van der Waals surface area (Å²) < 4.78 is 1.97. The molecule has 0 aromatic carbocycles.